The normalized spacial score (nSPS) is 10.3. The Morgan fingerprint density at radius 1 is 1.40 bits per heavy atom. The summed E-state index contributed by atoms with van der Waals surface area (Å²) in [5.41, 5.74) is 1.03. The van der Waals surface area contributed by atoms with E-state index in [1.54, 1.807) is 13.2 Å². The van der Waals surface area contributed by atoms with Crippen LogP contribution in [0.15, 0.2) is 24.8 Å². The van der Waals surface area contributed by atoms with E-state index in [1.165, 1.54) is 0 Å². The first-order valence-corrected chi connectivity index (χ1v) is 7.41. The number of rotatable bonds is 10. The van der Waals surface area contributed by atoms with E-state index >= 15 is 0 Å². The first-order chi connectivity index (χ1) is 9.72. The molecule has 20 heavy (non-hydrogen) atoms. The summed E-state index contributed by atoms with van der Waals surface area (Å²) in [6.45, 7) is 8.18. The molecule has 0 aliphatic rings. The summed E-state index contributed by atoms with van der Waals surface area (Å²) < 4.78 is 11.2. The number of ether oxygens (including phenoxy) is 2. The Hall–Kier alpha value is -1.19. The Morgan fingerprint density at radius 2 is 2.20 bits per heavy atom. The van der Waals surface area contributed by atoms with E-state index in [0.717, 1.165) is 43.7 Å². The molecule has 0 radical (unpaired) electrons. The third kappa shape index (κ3) is 5.43. The zero-order valence-corrected chi connectivity index (χ0v) is 13.1. The molecule has 0 fully saturated rings. The SMILES string of the molecule is C=CCCCOc1c(CNCCC)cc(Cl)cc1OC. The zero-order valence-electron chi connectivity index (χ0n) is 12.4. The molecule has 0 saturated carbocycles. The van der Waals surface area contributed by atoms with Gasteiger partial charge in [0.25, 0.3) is 0 Å². The molecule has 1 aromatic carbocycles. The summed E-state index contributed by atoms with van der Waals surface area (Å²) in [5.74, 6) is 1.47. The van der Waals surface area contributed by atoms with Gasteiger partial charge in [-0.15, -0.1) is 6.58 Å². The molecule has 3 nitrogen and oxygen atoms in total. The molecule has 0 unspecified atom stereocenters. The number of benzene rings is 1. The van der Waals surface area contributed by atoms with Crippen molar-refractivity contribution in [1.29, 1.82) is 0 Å². The summed E-state index contributed by atoms with van der Waals surface area (Å²) >= 11 is 6.12. The van der Waals surface area contributed by atoms with Crippen LogP contribution in [-0.2, 0) is 6.54 Å². The van der Waals surface area contributed by atoms with Gasteiger partial charge in [0.05, 0.1) is 13.7 Å². The number of nitrogens with one attached hydrogen (secondary N) is 1. The van der Waals surface area contributed by atoms with Gasteiger partial charge in [-0.05, 0) is 31.9 Å². The van der Waals surface area contributed by atoms with Crippen molar-refractivity contribution in [2.75, 3.05) is 20.3 Å². The largest absolute Gasteiger partial charge is 0.493 e. The molecule has 1 aromatic rings. The smallest absolute Gasteiger partial charge is 0.165 e. The predicted molar refractivity (Wildman–Crippen MR) is 84.9 cm³/mol. The van der Waals surface area contributed by atoms with Crippen LogP contribution < -0.4 is 14.8 Å². The number of hydrogen-bond donors (Lipinski definition) is 1. The minimum Gasteiger partial charge on any atom is -0.493 e. The van der Waals surface area contributed by atoms with Crippen LogP contribution >= 0.6 is 11.6 Å². The summed E-state index contributed by atoms with van der Waals surface area (Å²) in [5, 5.41) is 4.02. The third-order valence-corrected chi connectivity index (χ3v) is 3.08. The molecule has 0 saturated heterocycles. The molecule has 0 atom stereocenters. The van der Waals surface area contributed by atoms with Crippen molar-refractivity contribution < 1.29 is 9.47 Å². The van der Waals surface area contributed by atoms with Gasteiger partial charge in [0, 0.05) is 23.2 Å². The number of halogens is 1. The first-order valence-electron chi connectivity index (χ1n) is 7.03. The highest BCUT2D eigenvalue weighted by Gasteiger charge is 2.12. The molecule has 0 spiro atoms. The molecule has 0 bridgehead atoms. The second-order valence-electron chi connectivity index (χ2n) is 4.55. The fourth-order valence-electron chi connectivity index (χ4n) is 1.87. The molecule has 4 heteroatoms. The van der Waals surface area contributed by atoms with Crippen LogP contribution in [-0.4, -0.2) is 20.3 Å². The Morgan fingerprint density at radius 3 is 2.85 bits per heavy atom. The van der Waals surface area contributed by atoms with E-state index in [4.69, 9.17) is 21.1 Å². The average molecular weight is 298 g/mol. The highest BCUT2D eigenvalue weighted by molar-refractivity contribution is 6.30. The first kappa shape index (κ1) is 16.9. The van der Waals surface area contributed by atoms with Crippen molar-refractivity contribution in [2.45, 2.75) is 32.7 Å². The van der Waals surface area contributed by atoms with Gasteiger partial charge < -0.3 is 14.8 Å². The van der Waals surface area contributed by atoms with Gasteiger partial charge in [0.2, 0.25) is 0 Å². The van der Waals surface area contributed by atoms with Crippen molar-refractivity contribution >= 4 is 11.6 Å². The quantitative estimate of drug-likeness (QED) is 0.519. The number of unbranched alkanes of at least 4 members (excludes halogenated alkanes) is 1. The summed E-state index contributed by atoms with van der Waals surface area (Å²) in [6, 6.07) is 3.71. The maximum Gasteiger partial charge on any atom is 0.165 e. The van der Waals surface area contributed by atoms with E-state index in [-0.39, 0.29) is 0 Å². The summed E-state index contributed by atoms with van der Waals surface area (Å²) in [7, 11) is 1.63. The van der Waals surface area contributed by atoms with Crippen molar-refractivity contribution in [3.63, 3.8) is 0 Å². The summed E-state index contributed by atoms with van der Waals surface area (Å²) in [6.07, 6.45) is 4.87. The van der Waals surface area contributed by atoms with Crippen LogP contribution in [0.2, 0.25) is 5.02 Å². The van der Waals surface area contributed by atoms with Crippen LogP contribution in [0.4, 0.5) is 0 Å². The maximum atomic E-state index is 6.12. The lowest BCUT2D eigenvalue weighted by atomic mass is 10.1. The van der Waals surface area contributed by atoms with Gasteiger partial charge in [-0.3, -0.25) is 0 Å². The van der Waals surface area contributed by atoms with Crippen LogP contribution in [0.3, 0.4) is 0 Å². The molecule has 0 aromatic heterocycles. The lowest BCUT2D eigenvalue weighted by Gasteiger charge is -2.16. The minimum absolute atomic E-state index is 0.644. The molecule has 0 aliphatic carbocycles. The Bertz CT molecular complexity index is 421. The van der Waals surface area contributed by atoms with Crippen molar-refractivity contribution in [1.82, 2.24) is 5.32 Å². The van der Waals surface area contributed by atoms with E-state index in [2.05, 4.69) is 18.8 Å². The van der Waals surface area contributed by atoms with Crippen molar-refractivity contribution in [2.24, 2.45) is 0 Å². The van der Waals surface area contributed by atoms with Crippen LogP contribution in [0.5, 0.6) is 11.5 Å². The number of hydrogen-bond acceptors (Lipinski definition) is 3. The van der Waals surface area contributed by atoms with Gasteiger partial charge in [-0.25, -0.2) is 0 Å². The topological polar surface area (TPSA) is 30.5 Å². The van der Waals surface area contributed by atoms with E-state index in [1.807, 2.05) is 12.1 Å². The Labute approximate surface area is 126 Å². The fraction of sp³-hybridized carbons (Fsp3) is 0.500. The highest BCUT2D eigenvalue weighted by atomic mass is 35.5. The van der Waals surface area contributed by atoms with Crippen molar-refractivity contribution in [3.8, 4) is 11.5 Å². The molecule has 0 aliphatic heterocycles. The monoisotopic (exact) mass is 297 g/mol. The van der Waals surface area contributed by atoms with Crippen LogP contribution in [0, 0.1) is 0 Å². The molecule has 0 amide bonds. The van der Waals surface area contributed by atoms with Gasteiger partial charge in [-0.2, -0.15) is 0 Å². The molecule has 112 valence electrons. The second kappa shape index (κ2) is 9.67. The van der Waals surface area contributed by atoms with E-state index in [0.29, 0.717) is 17.4 Å². The zero-order chi connectivity index (χ0) is 14.8. The van der Waals surface area contributed by atoms with Gasteiger partial charge in [0.1, 0.15) is 0 Å². The lowest BCUT2D eigenvalue weighted by Crippen LogP contribution is -2.15. The van der Waals surface area contributed by atoms with Crippen LogP contribution in [0.1, 0.15) is 31.7 Å². The van der Waals surface area contributed by atoms with E-state index in [9.17, 15) is 0 Å². The lowest BCUT2D eigenvalue weighted by molar-refractivity contribution is 0.286. The maximum absolute atomic E-state index is 6.12. The van der Waals surface area contributed by atoms with Gasteiger partial charge in [-0.1, -0.05) is 24.6 Å². The predicted octanol–water partition coefficient (Wildman–Crippen LogP) is 4.19. The molecular weight excluding hydrogens is 274 g/mol. The molecule has 0 heterocycles. The standard InChI is InChI=1S/C16H24ClNO2/c1-4-6-7-9-20-16-13(12-18-8-5-2)10-14(17)11-15(16)19-3/h4,10-11,18H,1,5-9,12H2,2-3H3. The Kier molecular flexibility index (Phi) is 8.16. The molecule has 1 rings (SSSR count). The Balaban J connectivity index is 2.81. The second-order valence-corrected chi connectivity index (χ2v) is 4.99. The highest BCUT2D eigenvalue weighted by Crippen LogP contribution is 2.34. The summed E-state index contributed by atoms with van der Waals surface area (Å²) in [4.78, 5) is 0. The minimum atomic E-state index is 0.644. The third-order valence-electron chi connectivity index (χ3n) is 2.86. The average Bonchev–Trinajstić information content (AvgIpc) is 2.45. The van der Waals surface area contributed by atoms with Crippen molar-refractivity contribution in [3.05, 3.63) is 35.4 Å². The number of methoxy groups -OCH3 is 1. The van der Waals surface area contributed by atoms with Gasteiger partial charge in [0.15, 0.2) is 11.5 Å². The van der Waals surface area contributed by atoms with Crippen LogP contribution in [0.25, 0.3) is 0 Å². The molecule has 1 N–H and O–H groups in total. The fourth-order valence-corrected chi connectivity index (χ4v) is 2.10. The van der Waals surface area contributed by atoms with E-state index < -0.39 is 0 Å². The number of allylic oxidation sites excluding steroid dienone is 1. The molecular formula is C16H24ClNO2. The van der Waals surface area contributed by atoms with Gasteiger partial charge >= 0.3 is 0 Å².